The maximum atomic E-state index is 13.7. The highest BCUT2D eigenvalue weighted by atomic mass is 19.4. The van der Waals surface area contributed by atoms with Crippen molar-refractivity contribution in [2.45, 2.75) is 63.5 Å². The Bertz CT molecular complexity index is 1250. The lowest BCUT2D eigenvalue weighted by molar-refractivity contribution is -0.188. The van der Waals surface area contributed by atoms with Gasteiger partial charge in [0.1, 0.15) is 0 Å². The lowest BCUT2D eigenvalue weighted by atomic mass is 9.76. The quantitative estimate of drug-likeness (QED) is 0.534. The largest absolute Gasteiger partial charge is 0.473 e. The van der Waals surface area contributed by atoms with Crippen molar-refractivity contribution in [1.82, 2.24) is 10.2 Å². The van der Waals surface area contributed by atoms with Gasteiger partial charge >= 0.3 is 18.3 Å². The van der Waals surface area contributed by atoms with Crippen LogP contribution in [0.25, 0.3) is 0 Å². The van der Waals surface area contributed by atoms with Gasteiger partial charge in [-0.25, -0.2) is 0 Å². The molecule has 0 radical (unpaired) electrons. The van der Waals surface area contributed by atoms with Gasteiger partial charge < -0.3 is 29.9 Å². The number of alkyl halides is 6. The average molecular weight is 575 g/mol. The Kier molecular flexibility index (Phi) is 6.75. The molecular weight excluding hydrogens is 546 g/mol. The fourth-order valence-electron chi connectivity index (χ4n) is 6.38. The standard InChI is InChI=1S/C26H28F6N4O4/c1-14-24(6-3-18(11-24)35(22(38)26(30,31)32)13-15-4-7-40-8-5-15)21(37)33-12-16-9-17(25(27,28)29)10-19-20(16)36(14)23(39)34(19)2/h4-5,7-10,14-15,18,23,39H,3,6,11-13H2,1-2H3,(H,33,37)/t14?,18-,23?,24+/m1/s1. The summed E-state index contributed by atoms with van der Waals surface area (Å²) in [6, 6.07) is 0.0768. The van der Waals surface area contributed by atoms with Crippen molar-refractivity contribution in [3.63, 3.8) is 0 Å². The molecular formula is C26H28F6N4O4. The molecule has 4 aliphatic rings. The van der Waals surface area contributed by atoms with Gasteiger partial charge in [-0.15, -0.1) is 0 Å². The van der Waals surface area contributed by atoms with Crippen LogP contribution >= 0.6 is 0 Å². The number of carbonyl (C=O) groups is 2. The minimum Gasteiger partial charge on any atom is -0.473 e. The molecule has 40 heavy (non-hydrogen) atoms. The molecule has 2 N–H and O–H groups in total. The number of aliphatic hydroxyl groups is 1. The van der Waals surface area contributed by atoms with E-state index in [1.54, 1.807) is 6.92 Å². The van der Waals surface area contributed by atoms with E-state index in [1.807, 2.05) is 0 Å². The molecule has 4 atom stereocenters. The summed E-state index contributed by atoms with van der Waals surface area (Å²) in [4.78, 5) is 29.7. The smallest absolute Gasteiger partial charge is 0.471 e. The molecule has 3 aliphatic heterocycles. The average Bonchev–Trinajstić information content (AvgIpc) is 3.45. The first-order chi connectivity index (χ1) is 18.6. The van der Waals surface area contributed by atoms with Gasteiger partial charge in [-0.1, -0.05) is 0 Å². The number of hydrogen-bond acceptors (Lipinski definition) is 6. The number of carbonyl (C=O) groups excluding carboxylic acids is 2. The molecule has 5 rings (SSSR count). The molecule has 1 spiro atoms. The van der Waals surface area contributed by atoms with E-state index in [2.05, 4.69) is 5.32 Å². The Morgan fingerprint density at radius 2 is 1.88 bits per heavy atom. The number of hydrogen-bond donors (Lipinski definition) is 2. The fraction of sp³-hybridized carbons (Fsp3) is 0.538. The molecule has 1 saturated carbocycles. The highest BCUT2D eigenvalue weighted by molar-refractivity contribution is 5.89. The van der Waals surface area contributed by atoms with Gasteiger partial charge in [-0.2, -0.15) is 26.3 Å². The van der Waals surface area contributed by atoms with Crippen molar-refractivity contribution in [3.05, 3.63) is 47.9 Å². The molecule has 1 aliphatic carbocycles. The molecule has 14 heteroatoms. The summed E-state index contributed by atoms with van der Waals surface area (Å²) in [5.41, 5.74) is -1.67. The minimum absolute atomic E-state index is 0.0860. The molecule has 2 amide bonds. The van der Waals surface area contributed by atoms with Crippen LogP contribution in [0.4, 0.5) is 37.7 Å². The van der Waals surface area contributed by atoms with E-state index >= 15 is 0 Å². The third-order valence-corrected chi connectivity index (χ3v) is 8.52. The Balaban J connectivity index is 1.51. The van der Waals surface area contributed by atoms with Crippen LogP contribution in [-0.2, 0) is 27.0 Å². The van der Waals surface area contributed by atoms with E-state index in [0.717, 1.165) is 17.0 Å². The number of benzene rings is 1. The van der Waals surface area contributed by atoms with E-state index in [0.29, 0.717) is 5.69 Å². The van der Waals surface area contributed by atoms with Crippen molar-refractivity contribution in [3.8, 4) is 0 Å². The summed E-state index contributed by atoms with van der Waals surface area (Å²) < 4.78 is 86.8. The Hall–Kier alpha value is -3.42. The van der Waals surface area contributed by atoms with E-state index in [4.69, 9.17) is 4.74 Å². The molecule has 218 valence electrons. The van der Waals surface area contributed by atoms with Crippen molar-refractivity contribution < 1.29 is 45.8 Å². The first-order valence-electron chi connectivity index (χ1n) is 12.7. The molecule has 3 heterocycles. The number of nitrogens with one attached hydrogen (secondary N) is 1. The molecule has 0 aromatic heterocycles. The molecule has 1 fully saturated rings. The monoisotopic (exact) mass is 574 g/mol. The second kappa shape index (κ2) is 9.60. The predicted molar refractivity (Wildman–Crippen MR) is 130 cm³/mol. The van der Waals surface area contributed by atoms with Gasteiger partial charge in [0.05, 0.1) is 34.9 Å². The molecule has 0 bridgehead atoms. The highest BCUT2D eigenvalue weighted by Crippen LogP contribution is 2.53. The number of aliphatic hydroxyl groups excluding tert-OH is 1. The van der Waals surface area contributed by atoms with Crippen LogP contribution in [0.15, 0.2) is 36.8 Å². The summed E-state index contributed by atoms with van der Waals surface area (Å²) in [5.74, 6) is -3.11. The predicted octanol–water partition coefficient (Wildman–Crippen LogP) is 3.86. The topological polar surface area (TPSA) is 85.3 Å². The highest BCUT2D eigenvalue weighted by Gasteiger charge is 2.57. The number of ether oxygens (including phenoxy) is 1. The Morgan fingerprint density at radius 3 is 2.50 bits per heavy atom. The SMILES string of the molecule is CC1N2c3c(cc(C(F)(F)F)cc3N(C)C2O)CNC(=O)[C@]12CC[C@@H](N(CC1C=COC=C1)C(=O)C(F)(F)F)C2. The van der Waals surface area contributed by atoms with Crippen LogP contribution in [0.5, 0.6) is 0 Å². The van der Waals surface area contributed by atoms with Gasteiger partial charge in [0.15, 0.2) is 0 Å². The number of anilines is 2. The first-order valence-corrected chi connectivity index (χ1v) is 12.7. The molecule has 2 unspecified atom stereocenters. The third kappa shape index (κ3) is 4.55. The molecule has 8 nitrogen and oxygen atoms in total. The van der Waals surface area contributed by atoms with E-state index < -0.39 is 59.5 Å². The second-order valence-corrected chi connectivity index (χ2v) is 10.7. The second-order valence-electron chi connectivity index (χ2n) is 10.7. The summed E-state index contributed by atoms with van der Waals surface area (Å²) in [5, 5.41) is 13.8. The van der Waals surface area contributed by atoms with Crippen molar-refractivity contribution in [2.75, 3.05) is 23.4 Å². The zero-order valence-electron chi connectivity index (χ0n) is 21.6. The van der Waals surface area contributed by atoms with E-state index in [9.17, 15) is 41.0 Å². The van der Waals surface area contributed by atoms with Gasteiger partial charge in [-0.3, -0.25) is 9.59 Å². The lowest BCUT2D eigenvalue weighted by Gasteiger charge is -2.44. The number of rotatable bonds is 3. The van der Waals surface area contributed by atoms with E-state index in [-0.39, 0.29) is 43.6 Å². The summed E-state index contributed by atoms with van der Waals surface area (Å²) in [6.07, 6.45) is -5.49. The minimum atomic E-state index is -5.14. The van der Waals surface area contributed by atoms with Crippen LogP contribution in [0.2, 0.25) is 0 Å². The van der Waals surface area contributed by atoms with Gasteiger partial charge in [-0.05, 0) is 56.0 Å². The zero-order valence-corrected chi connectivity index (χ0v) is 21.6. The number of amides is 2. The van der Waals surface area contributed by atoms with Crippen LogP contribution < -0.4 is 15.1 Å². The number of nitrogens with zero attached hydrogens (tertiary/aromatic N) is 3. The fourth-order valence-corrected chi connectivity index (χ4v) is 6.38. The zero-order chi connectivity index (χ0) is 29.2. The Labute approximate surface area is 225 Å². The van der Waals surface area contributed by atoms with Crippen molar-refractivity contribution in [1.29, 1.82) is 0 Å². The maximum absolute atomic E-state index is 13.7. The van der Waals surface area contributed by atoms with Crippen molar-refractivity contribution in [2.24, 2.45) is 11.3 Å². The lowest BCUT2D eigenvalue weighted by Crippen LogP contribution is -2.59. The van der Waals surface area contributed by atoms with Crippen LogP contribution in [0.1, 0.15) is 37.3 Å². The summed E-state index contributed by atoms with van der Waals surface area (Å²) in [7, 11) is 1.43. The van der Waals surface area contributed by atoms with Gasteiger partial charge in [0.25, 0.3) is 0 Å². The summed E-state index contributed by atoms with van der Waals surface area (Å²) in [6.45, 7) is 1.07. The van der Waals surface area contributed by atoms with Gasteiger partial charge in [0.2, 0.25) is 12.3 Å². The van der Waals surface area contributed by atoms with Crippen LogP contribution in [0, 0.1) is 11.3 Å². The van der Waals surface area contributed by atoms with Gasteiger partial charge in [0, 0.05) is 38.1 Å². The Morgan fingerprint density at radius 1 is 1.20 bits per heavy atom. The molecule has 0 saturated heterocycles. The van der Waals surface area contributed by atoms with Crippen molar-refractivity contribution >= 4 is 23.2 Å². The molecule has 1 aromatic rings. The van der Waals surface area contributed by atoms with E-state index in [1.165, 1.54) is 41.5 Å². The summed E-state index contributed by atoms with van der Waals surface area (Å²) >= 11 is 0. The normalized spacial score (nSPS) is 28.3. The first kappa shape index (κ1) is 28.1. The van der Waals surface area contributed by atoms with Crippen LogP contribution in [-0.4, -0.2) is 60.0 Å². The van der Waals surface area contributed by atoms with Crippen LogP contribution in [0.3, 0.4) is 0 Å². The third-order valence-electron chi connectivity index (χ3n) is 8.52. The molecule has 1 aromatic carbocycles. The maximum Gasteiger partial charge on any atom is 0.471 e. The number of halogens is 6.